The van der Waals surface area contributed by atoms with Crippen LogP contribution in [0.3, 0.4) is 0 Å². The van der Waals surface area contributed by atoms with Crippen LogP contribution in [-0.2, 0) is 0 Å². The van der Waals surface area contributed by atoms with E-state index >= 15 is 0 Å². The van der Waals surface area contributed by atoms with Crippen molar-refractivity contribution in [3.63, 3.8) is 0 Å². The summed E-state index contributed by atoms with van der Waals surface area (Å²) < 4.78 is 6.27. The maximum atomic E-state index is 12.3. The summed E-state index contributed by atoms with van der Waals surface area (Å²) in [5, 5.41) is 2.87. The number of rotatable bonds is 4. The zero-order valence-electron chi connectivity index (χ0n) is 11.9. The third kappa shape index (κ3) is 3.76. The highest BCUT2D eigenvalue weighted by atomic mass is 79.9. The number of ether oxygens (including phenoxy) is 1. The quantitative estimate of drug-likeness (QED) is 0.821. The molecule has 5 heteroatoms. The first-order valence-electron chi connectivity index (χ1n) is 6.61. The molecule has 0 unspecified atom stereocenters. The average molecular weight is 349 g/mol. The van der Waals surface area contributed by atoms with Crippen molar-refractivity contribution in [1.82, 2.24) is 0 Å². The second kappa shape index (κ2) is 6.63. The lowest BCUT2D eigenvalue weighted by Crippen LogP contribution is -2.14. The van der Waals surface area contributed by atoms with E-state index in [1.54, 1.807) is 18.2 Å². The molecule has 2 aromatic carbocycles. The molecule has 21 heavy (non-hydrogen) atoms. The molecule has 110 valence electrons. The molecule has 0 aromatic heterocycles. The predicted octanol–water partition coefficient (Wildman–Crippen LogP) is 3.99. The summed E-state index contributed by atoms with van der Waals surface area (Å²) in [6, 6.07) is 10.7. The van der Waals surface area contributed by atoms with Gasteiger partial charge in [-0.2, -0.15) is 0 Å². The van der Waals surface area contributed by atoms with Crippen molar-refractivity contribution in [1.29, 1.82) is 0 Å². The first kappa shape index (κ1) is 15.4. The van der Waals surface area contributed by atoms with Gasteiger partial charge in [-0.1, -0.05) is 15.9 Å². The van der Waals surface area contributed by atoms with Crippen molar-refractivity contribution in [3.05, 3.63) is 52.0 Å². The molecular weight excluding hydrogens is 332 g/mol. The van der Waals surface area contributed by atoms with E-state index in [4.69, 9.17) is 10.5 Å². The van der Waals surface area contributed by atoms with Gasteiger partial charge in [0.05, 0.1) is 12.2 Å². The van der Waals surface area contributed by atoms with Crippen molar-refractivity contribution in [2.24, 2.45) is 0 Å². The van der Waals surface area contributed by atoms with Crippen molar-refractivity contribution in [2.75, 3.05) is 17.7 Å². The summed E-state index contributed by atoms with van der Waals surface area (Å²) in [6.45, 7) is 4.46. The Kier molecular flexibility index (Phi) is 4.85. The lowest BCUT2D eigenvalue weighted by atomic mass is 10.1. The molecule has 0 saturated heterocycles. The van der Waals surface area contributed by atoms with Crippen LogP contribution >= 0.6 is 15.9 Å². The lowest BCUT2D eigenvalue weighted by molar-refractivity contribution is 0.102. The molecule has 0 atom stereocenters. The van der Waals surface area contributed by atoms with E-state index in [9.17, 15) is 4.79 Å². The summed E-state index contributed by atoms with van der Waals surface area (Å²) in [7, 11) is 0. The van der Waals surface area contributed by atoms with Crippen LogP contribution in [0.1, 0.15) is 22.8 Å². The number of anilines is 2. The largest absolute Gasteiger partial charge is 0.494 e. The van der Waals surface area contributed by atoms with Crippen LogP contribution in [0.15, 0.2) is 40.9 Å². The molecule has 0 aliphatic carbocycles. The van der Waals surface area contributed by atoms with E-state index in [1.807, 2.05) is 32.0 Å². The highest BCUT2D eigenvalue weighted by Gasteiger charge is 2.11. The Bertz CT molecular complexity index is 671. The molecule has 0 aliphatic rings. The molecular formula is C16H17BrN2O2. The molecule has 4 nitrogen and oxygen atoms in total. The molecule has 0 radical (unpaired) electrons. The van der Waals surface area contributed by atoms with Gasteiger partial charge in [0.15, 0.2) is 0 Å². The summed E-state index contributed by atoms with van der Waals surface area (Å²) in [5.41, 5.74) is 8.43. The van der Waals surface area contributed by atoms with Gasteiger partial charge in [0.1, 0.15) is 5.75 Å². The monoisotopic (exact) mass is 348 g/mol. The van der Waals surface area contributed by atoms with Gasteiger partial charge in [0.2, 0.25) is 0 Å². The van der Waals surface area contributed by atoms with E-state index in [0.29, 0.717) is 17.9 Å². The Labute approximate surface area is 132 Å². The fourth-order valence-electron chi connectivity index (χ4n) is 1.96. The number of carbonyl (C=O) groups excluding carboxylic acids is 1. The Hall–Kier alpha value is -2.01. The van der Waals surface area contributed by atoms with E-state index in [2.05, 4.69) is 21.2 Å². The minimum atomic E-state index is -0.229. The molecule has 2 rings (SSSR count). The number of amides is 1. The van der Waals surface area contributed by atoms with Gasteiger partial charge in [0.25, 0.3) is 5.91 Å². The smallest absolute Gasteiger partial charge is 0.257 e. The molecule has 0 spiro atoms. The van der Waals surface area contributed by atoms with Gasteiger partial charge >= 0.3 is 0 Å². The number of nitrogen functional groups attached to an aromatic ring is 1. The predicted molar refractivity (Wildman–Crippen MR) is 88.9 cm³/mol. The van der Waals surface area contributed by atoms with Crippen LogP contribution in [-0.4, -0.2) is 12.5 Å². The van der Waals surface area contributed by atoms with Gasteiger partial charge in [-0.05, 0) is 55.8 Å². The molecule has 1 amide bonds. The van der Waals surface area contributed by atoms with Gasteiger partial charge in [-0.25, -0.2) is 0 Å². The van der Waals surface area contributed by atoms with Crippen LogP contribution in [0.2, 0.25) is 0 Å². The Balaban J connectivity index is 2.19. The summed E-state index contributed by atoms with van der Waals surface area (Å²) in [6.07, 6.45) is 0. The highest BCUT2D eigenvalue weighted by Crippen LogP contribution is 2.24. The fourth-order valence-corrected chi connectivity index (χ4v) is 2.34. The van der Waals surface area contributed by atoms with E-state index in [-0.39, 0.29) is 5.91 Å². The number of hydrogen-bond acceptors (Lipinski definition) is 3. The summed E-state index contributed by atoms with van der Waals surface area (Å²) in [5.74, 6) is 0.559. The van der Waals surface area contributed by atoms with E-state index in [1.165, 1.54) is 0 Å². The standard InChI is InChI=1S/C16H17BrN2O2/c1-3-21-12-5-7-15(10(2)8-12)19-16(20)13-6-4-11(17)9-14(13)18/h4-9H,3,18H2,1-2H3,(H,19,20). The highest BCUT2D eigenvalue weighted by molar-refractivity contribution is 9.10. The summed E-state index contributed by atoms with van der Waals surface area (Å²) in [4.78, 5) is 12.3. The number of benzene rings is 2. The Morgan fingerprint density at radius 2 is 2.05 bits per heavy atom. The number of carbonyl (C=O) groups is 1. The van der Waals surface area contributed by atoms with Crippen molar-refractivity contribution >= 4 is 33.2 Å². The van der Waals surface area contributed by atoms with Gasteiger partial charge in [0, 0.05) is 15.8 Å². The number of nitrogens with one attached hydrogen (secondary N) is 1. The molecule has 3 N–H and O–H groups in total. The maximum Gasteiger partial charge on any atom is 0.257 e. The minimum Gasteiger partial charge on any atom is -0.494 e. The molecule has 0 saturated carbocycles. The van der Waals surface area contributed by atoms with Crippen LogP contribution in [0.4, 0.5) is 11.4 Å². The average Bonchev–Trinajstić information content (AvgIpc) is 2.42. The van der Waals surface area contributed by atoms with Crippen molar-refractivity contribution < 1.29 is 9.53 Å². The lowest BCUT2D eigenvalue weighted by Gasteiger charge is -2.12. The normalized spacial score (nSPS) is 10.2. The van der Waals surface area contributed by atoms with E-state index < -0.39 is 0 Å². The number of hydrogen-bond donors (Lipinski definition) is 2. The number of aryl methyl sites for hydroxylation is 1. The van der Waals surface area contributed by atoms with Crippen molar-refractivity contribution in [2.45, 2.75) is 13.8 Å². The van der Waals surface area contributed by atoms with Crippen LogP contribution in [0.5, 0.6) is 5.75 Å². The van der Waals surface area contributed by atoms with Crippen LogP contribution in [0.25, 0.3) is 0 Å². The zero-order chi connectivity index (χ0) is 15.4. The van der Waals surface area contributed by atoms with Crippen LogP contribution in [0, 0.1) is 6.92 Å². The fraction of sp³-hybridized carbons (Fsp3) is 0.188. The van der Waals surface area contributed by atoms with Gasteiger partial charge < -0.3 is 15.8 Å². The zero-order valence-corrected chi connectivity index (χ0v) is 13.5. The maximum absolute atomic E-state index is 12.3. The second-order valence-electron chi connectivity index (χ2n) is 4.60. The number of nitrogens with two attached hydrogens (primary N) is 1. The van der Waals surface area contributed by atoms with Gasteiger partial charge in [-0.3, -0.25) is 4.79 Å². The summed E-state index contributed by atoms with van der Waals surface area (Å²) >= 11 is 3.32. The van der Waals surface area contributed by atoms with Gasteiger partial charge in [-0.15, -0.1) is 0 Å². The van der Waals surface area contributed by atoms with Crippen molar-refractivity contribution in [3.8, 4) is 5.75 Å². The third-order valence-electron chi connectivity index (χ3n) is 3.02. The molecule has 0 aliphatic heterocycles. The molecule has 0 fully saturated rings. The molecule has 2 aromatic rings. The minimum absolute atomic E-state index is 0.229. The Morgan fingerprint density at radius 3 is 2.67 bits per heavy atom. The topological polar surface area (TPSA) is 64.3 Å². The SMILES string of the molecule is CCOc1ccc(NC(=O)c2ccc(Br)cc2N)c(C)c1. The second-order valence-corrected chi connectivity index (χ2v) is 5.51. The van der Waals surface area contributed by atoms with Crippen LogP contribution < -0.4 is 15.8 Å². The molecule has 0 bridgehead atoms. The third-order valence-corrected chi connectivity index (χ3v) is 3.51. The Morgan fingerprint density at radius 1 is 1.29 bits per heavy atom. The first-order chi connectivity index (χ1) is 10.0. The number of halogens is 1. The van der Waals surface area contributed by atoms with E-state index in [0.717, 1.165) is 21.5 Å². The first-order valence-corrected chi connectivity index (χ1v) is 7.40. The molecule has 0 heterocycles.